The van der Waals surface area contributed by atoms with E-state index in [0.717, 1.165) is 24.3 Å². The largest absolute Gasteiger partial charge is 0.495 e. The van der Waals surface area contributed by atoms with Crippen LogP contribution in [-0.4, -0.2) is 34.5 Å². The zero-order valence-corrected chi connectivity index (χ0v) is 17.1. The highest BCUT2D eigenvalue weighted by atomic mass is 32.2. The first-order valence-electron chi connectivity index (χ1n) is 9.14. The molecule has 7 nitrogen and oxygen atoms in total. The molecule has 0 atom stereocenters. The number of nitrogens with zero attached hydrogens (tertiary/aromatic N) is 1. The summed E-state index contributed by atoms with van der Waals surface area (Å²) in [5.74, 6) is 0.0782. The number of hydrogen-bond acceptors (Lipinski definition) is 5. The molecule has 2 N–H and O–H groups in total. The number of hydrogen-bond donors (Lipinski definition) is 2. The van der Waals surface area contributed by atoms with Crippen LogP contribution in [0, 0.1) is 6.92 Å². The molecule has 0 bridgehead atoms. The van der Waals surface area contributed by atoms with Gasteiger partial charge in [0.1, 0.15) is 5.75 Å². The third-order valence-electron chi connectivity index (χ3n) is 4.72. The molecule has 150 valence electrons. The van der Waals surface area contributed by atoms with Gasteiger partial charge in [0, 0.05) is 25.7 Å². The zero-order valence-electron chi connectivity index (χ0n) is 16.3. The van der Waals surface area contributed by atoms with Crippen LogP contribution < -0.4 is 19.7 Å². The number of amides is 1. The first kappa shape index (κ1) is 20.0. The highest BCUT2D eigenvalue weighted by Gasteiger charge is 2.19. The van der Waals surface area contributed by atoms with Crippen LogP contribution in [0.25, 0.3) is 0 Å². The minimum atomic E-state index is -3.82. The first-order valence-corrected chi connectivity index (χ1v) is 10.6. The number of carbonyl (C=O) groups is 1. The van der Waals surface area contributed by atoms with Crippen LogP contribution >= 0.6 is 0 Å². The Kier molecular flexibility index (Phi) is 5.79. The number of rotatable bonds is 6. The summed E-state index contributed by atoms with van der Waals surface area (Å²) in [5.41, 5.74) is 2.79. The number of carbonyl (C=O) groups excluding carboxylic acids is 1. The molecule has 0 spiro atoms. The molecule has 1 aliphatic heterocycles. The molecule has 8 heteroatoms. The minimum Gasteiger partial charge on any atom is -0.495 e. The maximum atomic E-state index is 12.9. The molecule has 1 fully saturated rings. The Morgan fingerprint density at radius 2 is 1.79 bits per heavy atom. The molecular weight excluding hydrogens is 378 g/mol. The van der Waals surface area contributed by atoms with Crippen molar-refractivity contribution < 1.29 is 17.9 Å². The van der Waals surface area contributed by atoms with Gasteiger partial charge in [-0.2, -0.15) is 0 Å². The highest BCUT2D eigenvalue weighted by Crippen LogP contribution is 2.30. The number of nitrogens with one attached hydrogen (secondary N) is 2. The predicted molar refractivity (Wildman–Crippen MR) is 111 cm³/mol. The summed E-state index contributed by atoms with van der Waals surface area (Å²) < 4.78 is 33.5. The standard InChI is InChI=1S/C20H25N3O4S/c1-14-12-16(23-10-4-5-11-23)6-8-18(14)22-28(25,26)17-7-9-20(27-3)19(13-17)21-15(2)24/h6-9,12-13,22H,4-5,10-11H2,1-3H3,(H,21,24). The van der Waals surface area contributed by atoms with Gasteiger partial charge >= 0.3 is 0 Å². The number of sulfonamides is 1. The van der Waals surface area contributed by atoms with Crippen LogP contribution in [-0.2, 0) is 14.8 Å². The van der Waals surface area contributed by atoms with Crippen molar-refractivity contribution in [3.63, 3.8) is 0 Å². The quantitative estimate of drug-likeness (QED) is 0.772. The van der Waals surface area contributed by atoms with Gasteiger partial charge < -0.3 is 15.0 Å². The lowest BCUT2D eigenvalue weighted by Crippen LogP contribution is -2.18. The summed E-state index contributed by atoms with van der Waals surface area (Å²) in [5, 5.41) is 2.59. The molecule has 28 heavy (non-hydrogen) atoms. The summed E-state index contributed by atoms with van der Waals surface area (Å²) in [6, 6.07) is 10.1. The molecule has 2 aromatic rings. The van der Waals surface area contributed by atoms with E-state index in [1.165, 1.54) is 45.1 Å². The van der Waals surface area contributed by atoms with Gasteiger partial charge in [-0.3, -0.25) is 9.52 Å². The van der Waals surface area contributed by atoms with Gasteiger partial charge in [0.15, 0.2) is 0 Å². The van der Waals surface area contributed by atoms with Crippen LogP contribution in [0.3, 0.4) is 0 Å². The van der Waals surface area contributed by atoms with Crippen molar-refractivity contribution in [2.24, 2.45) is 0 Å². The topological polar surface area (TPSA) is 87.7 Å². The van der Waals surface area contributed by atoms with Crippen molar-refractivity contribution in [1.29, 1.82) is 0 Å². The van der Waals surface area contributed by atoms with Crippen LogP contribution in [0.4, 0.5) is 17.1 Å². The Morgan fingerprint density at radius 1 is 1.07 bits per heavy atom. The predicted octanol–water partition coefficient (Wildman–Crippen LogP) is 3.36. The van der Waals surface area contributed by atoms with Gasteiger partial charge in [-0.1, -0.05) is 0 Å². The van der Waals surface area contributed by atoms with E-state index in [1.54, 1.807) is 6.07 Å². The van der Waals surface area contributed by atoms with E-state index in [9.17, 15) is 13.2 Å². The van der Waals surface area contributed by atoms with E-state index >= 15 is 0 Å². The van der Waals surface area contributed by atoms with Crippen molar-refractivity contribution in [3.8, 4) is 5.75 Å². The maximum Gasteiger partial charge on any atom is 0.261 e. The van der Waals surface area contributed by atoms with E-state index in [2.05, 4.69) is 14.9 Å². The van der Waals surface area contributed by atoms with E-state index in [1.807, 2.05) is 19.1 Å². The van der Waals surface area contributed by atoms with Crippen LogP contribution in [0.2, 0.25) is 0 Å². The van der Waals surface area contributed by atoms with Crippen molar-refractivity contribution >= 4 is 33.0 Å². The van der Waals surface area contributed by atoms with Gasteiger partial charge in [-0.25, -0.2) is 8.42 Å². The number of methoxy groups -OCH3 is 1. The summed E-state index contributed by atoms with van der Waals surface area (Å²) in [6.45, 7) is 5.29. The highest BCUT2D eigenvalue weighted by molar-refractivity contribution is 7.92. The van der Waals surface area contributed by atoms with Crippen LogP contribution in [0.5, 0.6) is 5.75 Å². The van der Waals surface area contributed by atoms with Gasteiger partial charge in [0.25, 0.3) is 10.0 Å². The molecule has 0 unspecified atom stereocenters. The lowest BCUT2D eigenvalue weighted by atomic mass is 10.2. The third-order valence-corrected chi connectivity index (χ3v) is 6.08. The summed E-state index contributed by atoms with van der Waals surface area (Å²) in [4.78, 5) is 13.7. The van der Waals surface area contributed by atoms with E-state index in [0.29, 0.717) is 17.1 Å². The number of anilines is 3. The second kappa shape index (κ2) is 8.10. The molecule has 2 aromatic carbocycles. The normalized spacial score (nSPS) is 14.0. The Balaban J connectivity index is 1.86. The van der Waals surface area contributed by atoms with Crippen molar-refractivity contribution in [2.45, 2.75) is 31.6 Å². The van der Waals surface area contributed by atoms with Crippen molar-refractivity contribution in [3.05, 3.63) is 42.0 Å². The molecule has 0 radical (unpaired) electrons. The van der Waals surface area contributed by atoms with E-state index < -0.39 is 10.0 Å². The van der Waals surface area contributed by atoms with Crippen molar-refractivity contribution in [1.82, 2.24) is 0 Å². The monoisotopic (exact) mass is 403 g/mol. The summed E-state index contributed by atoms with van der Waals surface area (Å²) in [6.07, 6.45) is 2.36. The Hall–Kier alpha value is -2.74. The van der Waals surface area contributed by atoms with Gasteiger partial charge in [-0.05, 0) is 61.7 Å². The fraction of sp³-hybridized carbons (Fsp3) is 0.350. The Morgan fingerprint density at radius 3 is 2.39 bits per heavy atom. The Bertz CT molecular complexity index is 983. The fourth-order valence-electron chi connectivity index (χ4n) is 3.28. The average Bonchev–Trinajstić information content (AvgIpc) is 3.17. The van der Waals surface area contributed by atoms with Crippen molar-refractivity contribution in [2.75, 3.05) is 35.1 Å². The average molecular weight is 404 g/mol. The molecule has 1 saturated heterocycles. The van der Waals surface area contributed by atoms with Crippen LogP contribution in [0.15, 0.2) is 41.3 Å². The molecule has 1 aliphatic rings. The second-order valence-corrected chi connectivity index (χ2v) is 8.52. The maximum absolute atomic E-state index is 12.9. The summed E-state index contributed by atoms with van der Waals surface area (Å²) in [7, 11) is -2.36. The minimum absolute atomic E-state index is 0.0417. The lowest BCUT2D eigenvalue weighted by Gasteiger charge is -2.19. The molecule has 0 saturated carbocycles. The van der Waals surface area contributed by atoms with E-state index in [-0.39, 0.29) is 10.8 Å². The van der Waals surface area contributed by atoms with Gasteiger partial charge in [0.2, 0.25) is 5.91 Å². The smallest absolute Gasteiger partial charge is 0.261 e. The molecule has 0 aromatic heterocycles. The Labute approximate surface area is 165 Å². The first-order chi connectivity index (χ1) is 13.3. The van der Waals surface area contributed by atoms with E-state index in [4.69, 9.17) is 4.74 Å². The molecule has 3 rings (SSSR count). The zero-order chi connectivity index (χ0) is 20.3. The van der Waals surface area contributed by atoms with Crippen LogP contribution in [0.1, 0.15) is 25.3 Å². The number of benzene rings is 2. The second-order valence-electron chi connectivity index (χ2n) is 6.84. The molecule has 1 heterocycles. The SMILES string of the molecule is COc1ccc(S(=O)(=O)Nc2ccc(N3CCCC3)cc2C)cc1NC(C)=O. The molecule has 1 amide bonds. The molecule has 0 aliphatic carbocycles. The number of aryl methyl sites for hydroxylation is 1. The third kappa shape index (κ3) is 4.39. The lowest BCUT2D eigenvalue weighted by molar-refractivity contribution is -0.114. The van der Waals surface area contributed by atoms with Gasteiger partial charge in [0.05, 0.1) is 23.4 Å². The fourth-order valence-corrected chi connectivity index (χ4v) is 4.44. The summed E-state index contributed by atoms with van der Waals surface area (Å²) >= 11 is 0. The number of ether oxygens (including phenoxy) is 1. The van der Waals surface area contributed by atoms with Gasteiger partial charge in [-0.15, -0.1) is 0 Å². The molecular formula is C20H25N3O4S.